The highest BCUT2D eigenvalue weighted by Gasteiger charge is 2.10. The van der Waals surface area contributed by atoms with E-state index in [1.165, 1.54) is 3.57 Å². The third kappa shape index (κ3) is 4.31. The van der Waals surface area contributed by atoms with Crippen LogP contribution in [0.3, 0.4) is 0 Å². The lowest BCUT2D eigenvalue weighted by molar-refractivity contribution is 0.579. The van der Waals surface area contributed by atoms with E-state index in [9.17, 15) is 8.42 Å². The van der Waals surface area contributed by atoms with Gasteiger partial charge >= 0.3 is 0 Å². The molecule has 4 nitrogen and oxygen atoms in total. The van der Waals surface area contributed by atoms with Gasteiger partial charge in [0.1, 0.15) is 0 Å². The molecule has 0 bridgehead atoms. The minimum atomic E-state index is -2.95. The second kappa shape index (κ2) is 6.71. The highest BCUT2D eigenvalue weighted by Crippen LogP contribution is 2.20. The van der Waals surface area contributed by atoms with Gasteiger partial charge in [-0.25, -0.2) is 8.42 Å². The van der Waals surface area contributed by atoms with Gasteiger partial charge in [-0.3, -0.25) is 4.68 Å². The molecule has 0 unspecified atom stereocenters. The van der Waals surface area contributed by atoms with E-state index in [2.05, 4.69) is 33.8 Å². The molecule has 0 aliphatic carbocycles. The smallest absolute Gasteiger partial charge is 0.152 e. The topological polar surface area (TPSA) is 52.0 Å². The van der Waals surface area contributed by atoms with Gasteiger partial charge in [-0.15, -0.1) is 0 Å². The molecule has 0 fully saturated rings. The van der Waals surface area contributed by atoms with Crippen LogP contribution in [0.25, 0.3) is 11.1 Å². The van der Waals surface area contributed by atoms with E-state index in [0.29, 0.717) is 13.0 Å². The lowest BCUT2D eigenvalue weighted by Crippen LogP contribution is -2.15. The van der Waals surface area contributed by atoms with Gasteiger partial charge in [0.15, 0.2) is 9.84 Å². The number of hydrogen-bond acceptors (Lipinski definition) is 3. The molecule has 2 aromatic rings. The van der Waals surface area contributed by atoms with E-state index >= 15 is 0 Å². The second-order valence-electron chi connectivity index (χ2n) is 4.65. The van der Waals surface area contributed by atoms with Gasteiger partial charge in [-0.05, 0) is 46.7 Å². The average molecular weight is 404 g/mol. The number of halogens is 1. The van der Waals surface area contributed by atoms with Crippen molar-refractivity contribution in [3.63, 3.8) is 0 Å². The lowest BCUT2D eigenvalue weighted by Gasteiger charge is -2.03. The standard InChI is InChI=1S/C14H17IN2O2S/c1-2-7-20(18,19)8-6-17-11-13(10-16-17)12-4-3-5-14(15)9-12/h3-5,9-11H,2,6-8H2,1H3. The first-order valence-electron chi connectivity index (χ1n) is 6.49. The highest BCUT2D eigenvalue weighted by molar-refractivity contribution is 14.1. The molecule has 0 radical (unpaired) electrons. The van der Waals surface area contributed by atoms with Crippen LogP contribution in [0, 0.1) is 3.57 Å². The van der Waals surface area contributed by atoms with Crippen molar-refractivity contribution in [3.05, 3.63) is 40.2 Å². The Balaban J connectivity index is 2.06. The van der Waals surface area contributed by atoms with E-state index in [0.717, 1.165) is 11.1 Å². The van der Waals surface area contributed by atoms with Crippen molar-refractivity contribution < 1.29 is 8.42 Å². The van der Waals surface area contributed by atoms with Crippen molar-refractivity contribution in [2.45, 2.75) is 19.9 Å². The molecule has 0 spiro atoms. The molecule has 0 aliphatic rings. The van der Waals surface area contributed by atoms with Gasteiger partial charge in [0.2, 0.25) is 0 Å². The van der Waals surface area contributed by atoms with Crippen LogP contribution in [-0.4, -0.2) is 29.7 Å². The zero-order valence-corrected chi connectivity index (χ0v) is 14.3. The Kier molecular flexibility index (Phi) is 5.20. The van der Waals surface area contributed by atoms with Crippen molar-refractivity contribution >= 4 is 32.4 Å². The fourth-order valence-corrected chi connectivity index (χ4v) is 3.78. The third-order valence-corrected chi connectivity index (χ3v) is 5.44. The van der Waals surface area contributed by atoms with E-state index in [4.69, 9.17) is 0 Å². The monoisotopic (exact) mass is 404 g/mol. The number of sulfone groups is 1. The summed E-state index contributed by atoms with van der Waals surface area (Å²) in [5, 5.41) is 4.24. The maximum absolute atomic E-state index is 11.7. The van der Waals surface area contributed by atoms with E-state index in [1.807, 2.05) is 31.3 Å². The van der Waals surface area contributed by atoms with Crippen molar-refractivity contribution in [3.8, 4) is 11.1 Å². The van der Waals surface area contributed by atoms with Crippen molar-refractivity contribution in [1.29, 1.82) is 0 Å². The van der Waals surface area contributed by atoms with Crippen LogP contribution < -0.4 is 0 Å². The molecule has 108 valence electrons. The first-order valence-corrected chi connectivity index (χ1v) is 9.39. The van der Waals surface area contributed by atoms with Crippen LogP contribution >= 0.6 is 22.6 Å². The Morgan fingerprint density at radius 1 is 1.25 bits per heavy atom. The zero-order valence-electron chi connectivity index (χ0n) is 11.3. The second-order valence-corrected chi connectivity index (χ2v) is 8.20. The summed E-state index contributed by atoms with van der Waals surface area (Å²) in [6.07, 6.45) is 4.33. The Bertz CT molecular complexity index is 680. The zero-order chi connectivity index (χ0) is 14.6. The minimum Gasteiger partial charge on any atom is -0.271 e. The molecule has 0 amide bonds. The predicted octanol–water partition coefficient (Wildman–Crippen LogP) is 2.98. The largest absolute Gasteiger partial charge is 0.271 e. The predicted molar refractivity (Wildman–Crippen MR) is 89.3 cm³/mol. The van der Waals surface area contributed by atoms with Crippen LogP contribution in [0.5, 0.6) is 0 Å². The molecule has 0 N–H and O–H groups in total. The third-order valence-electron chi connectivity index (χ3n) is 2.94. The number of aromatic nitrogens is 2. The Labute approximate surface area is 133 Å². The molecular weight excluding hydrogens is 387 g/mol. The van der Waals surface area contributed by atoms with Crippen molar-refractivity contribution in [1.82, 2.24) is 9.78 Å². The maximum Gasteiger partial charge on any atom is 0.152 e. The summed E-state index contributed by atoms with van der Waals surface area (Å²) in [5.41, 5.74) is 2.11. The lowest BCUT2D eigenvalue weighted by atomic mass is 10.1. The SMILES string of the molecule is CCCS(=O)(=O)CCn1cc(-c2cccc(I)c2)cn1. The summed E-state index contributed by atoms with van der Waals surface area (Å²) < 4.78 is 26.2. The number of rotatable bonds is 6. The summed E-state index contributed by atoms with van der Waals surface area (Å²) in [6.45, 7) is 2.28. The summed E-state index contributed by atoms with van der Waals surface area (Å²) in [5.74, 6) is 0.395. The van der Waals surface area contributed by atoms with Gasteiger partial charge < -0.3 is 0 Å². The number of benzene rings is 1. The van der Waals surface area contributed by atoms with E-state index < -0.39 is 9.84 Å². The van der Waals surface area contributed by atoms with Crippen LogP contribution in [0.1, 0.15) is 13.3 Å². The Hall–Kier alpha value is -0.890. The van der Waals surface area contributed by atoms with Gasteiger partial charge in [-0.2, -0.15) is 5.10 Å². The molecule has 1 aromatic heterocycles. The number of aryl methyl sites for hydroxylation is 1. The molecule has 0 atom stereocenters. The summed E-state index contributed by atoms with van der Waals surface area (Å²) >= 11 is 2.27. The van der Waals surface area contributed by atoms with Gasteiger partial charge in [0, 0.05) is 21.1 Å². The first-order chi connectivity index (χ1) is 9.50. The average Bonchev–Trinajstić information content (AvgIpc) is 2.85. The molecule has 1 heterocycles. The quantitative estimate of drug-likeness (QED) is 0.696. The Morgan fingerprint density at radius 2 is 2.05 bits per heavy atom. The van der Waals surface area contributed by atoms with Crippen molar-refractivity contribution in [2.75, 3.05) is 11.5 Å². The van der Waals surface area contributed by atoms with Gasteiger partial charge in [-0.1, -0.05) is 19.1 Å². The summed E-state index contributed by atoms with van der Waals surface area (Å²) in [7, 11) is -2.95. The fourth-order valence-electron chi connectivity index (χ4n) is 1.95. The first kappa shape index (κ1) is 15.5. The van der Waals surface area contributed by atoms with Crippen LogP contribution in [-0.2, 0) is 16.4 Å². The fraction of sp³-hybridized carbons (Fsp3) is 0.357. The van der Waals surface area contributed by atoms with Crippen LogP contribution in [0.4, 0.5) is 0 Å². The molecule has 0 aliphatic heterocycles. The van der Waals surface area contributed by atoms with Crippen molar-refractivity contribution in [2.24, 2.45) is 0 Å². The molecule has 0 saturated heterocycles. The highest BCUT2D eigenvalue weighted by atomic mass is 127. The summed E-state index contributed by atoms with van der Waals surface area (Å²) in [4.78, 5) is 0. The maximum atomic E-state index is 11.7. The van der Waals surface area contributed by atoms with E-state index in [1.54, 1.807) is 10.9 Å². The Morgan fingerprint density at radius 3 is 2.75 bits per heavy atom. The molecular formula is C14H17IN2O2S. The van der Waals surface area contributed by atoms with Gasteiger partial charge in [0.25, 0.3) is 0 Å². The summed E-state index contributed by atoms with van der Waals surface area (Å²) in [6, 6.07) is 8.14. The normalized spacial score (nSPS) is 11.7. The molecule has 0 saturated carbocycles. The van der Waals surface area contributed by atoms with Crippen LogP contribution in [0.15, 0.2) is 36.7 Å². The molecule has 6 heteroatoms. The van der Waals surface area contributed by atoms with Crippen LogP contribution in [0.2, 0.25) is 0 Å². The minimum absolute atomic E-state index is 0.147. The molecule has 20 heavy (non-hydrogen) atoms. The number of nitrogens with zero attached hydrogens (tertiary/aromatic N) is 2. The number of hydrogen-bond donors (Lipinski definition) is 0. The molecule has 2 rings (SSSR count). The van der Waals surface area contributed by atoms with Gasteiger partial charge in [0.05, 0.1) is 18.5 Å². The van der Waals surface area contributed by atoms with E-state index in [-0.39, 0.29) is 11.5 Å². The molecule has 1 aromatic carbocycles.